The minimum atomic E-state index is -0.487. The lowest BCUT2D eigenvalue weighted by Crippen LogP contribution is -2.42. The molecule has 0 radical (unpaired) electrons. The van der Waals surface area contributed by atoms with Crippen molar-refractivity contribution in [2.45, 2.75) is 32.0 Å². The van der Waals surface area contributed by atoms with Gasteiger partial charge in [-0.15, -0.1) is 0 Å². The van der Waals surface area contributed by atoms with Crippen LogP contribution in [0.5, 0.6) is 5.75 Å². The van der Waals surface area contributed by atoms with Crippen LogP contribution >= 0.6 is 0 Å². The van der Waals surface area contributed by atoms with E-state index in [0.717, 1.165) is 12.8 Å². The van der Waals surface area contributed by atoms with Crippen LogP contribution in [0.15, 0.2) is 70.5 Å². The molecule has 4 aromatic rings. The van der Waals surface area contributed by atoms with E-state index in [1.54, 1.807) is 36.4 Å². The Bertz CT molecular complexity index is 1460. The quantitative estimate of drug-likeness (QED) is 0.393. The number of nitrogens with zero attached hydrogens (tertiary/aromatic N) is 4. The maximum absolute atomic E-state index is 13.5. The van der Waals surface area contributed by atoms with Gasteiger partial charge in [-0.3, -0.25) is 14.2 Å². The van der Waals surface area contributed by atoms with Gasteiger partial charge in [0.05, 0.1) is 38.3 Å². The van der Waals surface area contributed by atoms with Gasteiger partial charge in [-0.05, 0) is 37.1 Å². The van der Waals surface area contributed by atoms with Crippen molar-refractivity contribution < 1.29 is 14.3 Å². The van der Waals surface area contributed by atoms with Gasteiger partial charge in [0.25, 0.3) is 5.56 Å². The van der Waals surface area contributed by atoms with Crippen molar-refractivity contribution in [2.24, 2.45) is 0 Å². The van der Waals surface area contributed by atoms with Crippen LogP contribution in [0.25, 0.3) is 16.9 Å². The minimum Gasteiger partial charge on any atom is -0.497 e. The van der Waals surface area contributed by atoms with Crippen molar-refractivity contribution >= 4 is 16.9 Å². The monoisotopic (exact) mass is 460 g/mol. The number of ketones is 1. The SMILES string of the molecule is COc1cccc(C(=O)Cn2cnc3c2c(=O)n(CC2CCCO2)c(=O)n3-c2ccccc2)c1. The second kappa shape index (κ2) is 9.11. The summed E-state index contributed by atoms with van der Waals surface area (Å²) in [4.78, 5) is 44.4. The van der Waals surface area contributed by atoms with Crippen molar-refractivity contribution in [1.29, 1.82) is 0 Å². The molecule has 9 heteroatoms. The predicted molar refractivity (Wildman–Crippen MR) is 126 cm³/mol. The highest BCUT2D eigenvalue weighted by Gasteiger charge is 2.24. The Kier molecular flexibility index (Phi) is 5.85. The van der Waals surface area contributed by atoms with Gasteiger partial charge in [0.15, 0.2) is 16.9 Å². The molecule has 0 N–H and O–H groups in total. The summed E-state index contributed by atoms with van der Waals surface area (Å²) in [7, 11) is 1.53. The second-order valence-electron chi connectivity index (χ2n) is 8.20. The molecule has 2 aromatic heterocycles. The largest absolute Gasteiger partial charge is 0.497 e. The highest BCUT2D eigenvalue weighted by Crippen LogP contribution is 2.17. The Morgan fingerprint density at radius 2 is 1.97 bits per heavy atom. The van der Waals surface area contributed by atoms with E-state index in [1.165, 1.54) is 27.1 Å². The van der Waals surface area contributed by atoms with E-state index in [-0.39, 0.29) is 36.1 Å². The fourth-order valence-corrected chi connectivity index (χ4v) is 4.30. The molecule has 1 fully saturated rings. The zero-order valence-corrected chi connectivity index (χ0v) is 18.7. The third kappa shape index (κ3) is 3.94. The lowest BCUT2D eigenvalue weighted by atomic mass is 10.1. The number of Topliss-reactive ketones (excluding diaryl/α,β-unsaturated/α-hetero) is 1. The van der Waals surface area contributed by atoms with E-state index in [4.69, 9.17) is 9.47 Å². The fraction of sp³-hybridized carbons (Fsp3) is 0.280. The Morgan fingerprint density at radius 1 is 1.15 bits per heavy atom. The molecule has 1 aliphatic rings. The van der Waals surface area contributed by atoms with Crippen molar-refractivity contribution in [2.75, 3.05) is 13.7 Å². The average Bonchev–Trinajstić information content (AvgIpc) is 3.53. The Morgan fingerprint density at radius 3 is 2.71 bits per heavy atom. The molecule has 0 amide bonds. The number of benzene rings is 2. The number of ether oxygens (including phenoxy) is 2. The lowest BCUT2D eigenvalue weighted by Gasteiger charge is -2.15. The highest BCUT2D eigenvalue weighted by atomic mass is 16.5. The number of carbonyl (C=O) groups is 1. The third-order valence-corrected chi connectivity index (χ3v) is 6.03. The zero-order chi connectivity index (χ0) is 23.7. The van der Waals surface area contributed by atoms with Crippen LogP contribution in [0.1, 0.15) is 23.2 Å². The van der Waals surface area contributed by atoms with E-state index in [2.05, 4.69) is 4.98 Å². The molecule has 0 saturated carbocycles. The Balaban J connectivity index is 1.65. The number of fused-ring (bicyclic) bond motifs is 1. The van der Waals surface area contributed by atoms with Crippen molar-refractivity contribution in [3.05, 3.63) is 87.3 Å². The standard InChI is InChI=1S/C25H24N4O5/c1-33-19-10-5-7-17(13-19)21(30)15-27-16-26-23-22(27)24(31)28(14-20-11-6-12-34-20)25(32)29(23)18-8-3-2-4-9-18/h2-5,7-10,13,16,20H,6,11-12,14-15H2,1H3. The van der Waals surface area contributed by atoms with Crippen LogP contribution in [0.4, 0.5) is 0 Å². The summed E-state index contributed by atoms with van der Waals surface area (Å²) in [5.74, 6) is 0.360. The number of hydrogen-bond acceptors (Lipinski definition) is 6. The first-order valence-electron chi connectivity index (χ1n) is 11.1. The van der Waals surface area contributed by atoms with E-state index < -0.39 is 11.2 Å². The normalized spacial score (nSPS) is 15.6. The summed E-state index contributed by atoms with van der Waals surface area (Å²) in [6.07, 6.45) is 2.89. The topological polar surface area (TPSA) is 97.4 Å². The lowest BCUT2D eigenvalue weighted by molar-refractivity contribution is 0.0947. The molecule has 1 atom stereocenters. The van der Waals surface area contributed by atoms with Gasteiger partial charge in [0, 0.05) is 12.2 Å². The fourth-order valence-electron chi connectivity index (χ4n) is 4.30. The predicted octanol–water partition coefficient (Wildman–Crippen LogP) is 2.42. The summed E-state index contributed by atoms with van der Waals surface area (Å²) < 4.78 is 15.0. The van der Waals surface area contributed by atoms with Gasteiger partial charge in [-0.2, -0.15) is 0 Å². The zero-order valence-electron chi connectivity index (χ0n) is 18.7. The maximum atomic E-state index is 13.5. The van der Waals surface area contributed by atoms with Gasteiger partial charge < -0.3 is 14.0 Å². The van der Waals surface area contributed by atoms with Gasteiger partial charge in [0.1, 0.15) is 5.75 Å². The molecule has 1 aliphatic heterocycles. The number of rotatable bonds is 7. The molecular formula is C25H24N4O5. The van der Waals surface area contributed by atoms with E-state index in [9.17, 15) is 14.4 Å². The molecule has 1 saturated heterocycles. The smallest absolute Gasteiger partial charge is 0.337 e. The first-order valence-corrected chi connectivity index (χ1v) is 11.1. The molecule has 3 heterocycles. The van der Waals surface area contributed by atoms with Gasteiger partial charge in [-0.1, -0.05) is 30.3 Å². The Hall–Kier alpha value is -3.98. The minimum absolute atomic E-state index is 0.105. The summed E-state index contributed by atoms with van der Waals surface area (Å²) in [5.41, 5.74) is 0.475. The van der Waals surface area contributed by atoms with E-state index >= 15 is 0 Å². The summed E-state index contributed by atoms with van der Waals surface area (Å²) in [6, 6.07) is 15.9. The van der Waals surface area contributed by atoms with Crippen molar-refractivity contribution in [3.8, 4) is 11.4 Å². The molecule has 2 aromatic carbocycles. The average molecular weight is 460 g/mol. The molecule has 34 heavy (non-hydrogen) atoms. The number of aromatic nitrogens is 4. The van der Waals surface area contributed by atoms with Crippen LogP contribution in [0, 0.1) is 0 Å². The van der Waals surface area contributed by atoms with Crippen LogP contribution < -0.4 is 16.0 Å². The molecule has 5 rings (SSSR count). The molecule has 9 nitrogen and oxygen atoms in total. The number of carbonyl (C=O) groups excluding carboxylic acids is 1. The number of para-hydroxylation sites is 1. The number of hydrogen-bond donors (Lipinski definition) is 0. The Labute approximate surface area is 194 Å². The molecule has 1 unspecified atom stereocenters. The summed E-state index contributed by atoms with van der Waals surface area (Å²) in [6.45, 7) is 0.656. The van der Waals surface area contributed by atoms with Crippen LogP contribution in [-0.4, -0.2) is 44.3 Å². The third-order valence-electron chi connectivity index (χ3n) is 6.03. The first-order chi connectivity index (χ1) is 16.6. The maximum Gasteiger partial charge on any atom is 0.337 e. The second-order valence-corrected chi connectivity index (χ2v) is 8.20. The molecule has 174 valence electrons. The van der Waals surface area contributed by atoms with Crippen LogP contribution in [0.3, 0.4) is 0 Å². The van der Waals surface area contributed by atoms with Crippen LogP contribution in [-0.2, 0) is 17.8 Å². The van der Waals surface area contributed by atoms with Gasteiger partial charge in [0.2, 0.25) is 0 Å². The van der Waals surface area contributed by atoms with Crippen LogP contribution in [0.2, 0.25) is 0 Å². The number of imidazole rings is 1. The highest BCUT2D eigenvalue weighted by molar-refractivity contribution is 5.96. The summed E-state index contributed by atoms with van der Waals surface area (Å²) >= 11 is 0. The van der Waals surface area contributed by atoms with E-state index in [0.29, 0.717) is 23.6 Å². The molecule has 0 spiro atoms. The molecular weight excluding hydrogens is 436 g/mol. The summed E-state index contributed by atoms with van der Waals surface area (Å²) in [5, 5.41) is 0. The van der Waals surface area contributed by atoms with Gasteiger partial charge in [-0.25, -0.2) is 14.3 Å². The van der Waals surface area contributed by atoms with Gasteiger partial charge >= 0.3 is 5.69 Å². The molecule has 0 aliphatic carbocycles. The number of methoxy groups -OCH3 is 1. The first kappa shape index (κ1) is 21.8. The van der Waals surface area contributed by atoms with Crippen molar-refractivity contribution in [3.63, 3.8) is 0 Å². The van der Waals surface area contributed by atoms with E-state index in [1.807, 2.05) is 18.2 Å². The van der Waals surface area contributed by atoms with Crippen molar-refractivity contribution in [1.82, 2.24) is 18.7 Å². The molecule has 0 bridgehead atoms.